The summed E-state index contributed by atoms with van der Waals surface area (Å²) in [4.78, 5) is 12.3. The topological polar surface area (TPSA) is 82.7 Å². The van der Waals surface area contributed by atoms with E-state index in [2.05, 4.69) is 41.1 Å². The first-order chi connectivity index (χ1) is 11.0. The van der Waals surface area contributed by atoms with Crippen molar-refractivity contribution in [1.82, 2.24) is 15.2 Å². The summed E-state index contributed by atoms with van der Waals surface area (Å²) in [5, 5.41) is 13.3. The number of hydrazine groups is 1. The van der Waals surface area contributed by atoms with Crippen LogP contribution in [0.15, 0.2) is 24.3 Å². The van der Waals surface area contributed by atoms with E-state index < -0.39 is 0 Å². The molecule has 0 radical (unpaired) electrons. The maximum absolute atomic E-state index is 12.3. The molecule has 1 amide bonds. The van der Waals surface area contributed by atoms with E-state index in [-0.39, 0.29) is 17.7 Å². The molecule has 0 spiro atoms. The standard InChI is InChI=1S/C17H19N5O/c1-10-6-4-5-7-12(10)13-8-14(13)17(23)20-19-16-15(9-18)11(2)21-22(16)3/h4-7,13-14,19H,8H2,1-3H3,(H,20,23). The van der Waals surface area contributed by atoms with Gasteiger partial charge in [-0.05, 0) is 37.3 Å². The molecule has 1 fully saturated rings. The van der Waals surface area contributed by atoms with E-state index in [1.165, 1.54) is 11.1 Å². The van der Waals surface area contributed by atoms with Gasteiger partial charge in [-0.15, -0.1) is 0 Å². The lowest BCUT2D eigenvalue weighted by atomic mass is 10.0. The zero-order valence-electron chi connectivity index (χ0n) is 13.4. The van der Waals surface area contributed by atoms with Gasteiger partial charge in [0.1, 0.15) is 11.6 Å². The van der Waals surface area contributed by atoms with Gasteiger partial charge < -0.3 is 0 Å². The zero-order valence-corrected chi connectivity index (χ0v) is 13.4. The van der Waals surface area contributed by atoms with Gasteiger partial charge in [0.15, 0.2) is 5.82 Å². The first-order valence-electron chi connectivity index (χ1n) is 7.58. The average molecular weight is 309 g/mol. The number of hydrogen-bond donors (Lipinski definition) is 2. The SMILES string of the molecule is Cc1ccccc1C1CC1C(=O)NNc1c(C#N)c(C)nn1C. The van der Waals surface area contributed by atoms with Crippen LogP contribution in [0.5, 0.6) is 0 Å². The van der Waals surface area contributed by atoms with Gasteiger partial charge in [0, 0.05) is 13.0 Å². The molecule has 2 atom stereocenters. The van der Waals surface area contributed by atoms with Gasteiger partial charge in [-0.25, -0.2) is 0 Å². The minimum Gasteiger partial charge on any atom is -0.281 e. The Bertz CT molecular complexity index is 802. The molecular weight excluding hydrogens is 290 g/mol. The second kappa shape index (κ2) is 5.76. The smallest absolute Gasteiger partial charge is 0.242 e. The molecule has 1 aromatic heterocycles. The van der Waals surface area contributed by atoms with Gasteiger partial charge in [0.2, 0.25) is 5.91 Å². The van der Waals surface area contributed by atoms with Gasteiger partial charge in [-0.3, -0.25) is 20.3 Å². The van der Waals surface area contributed by atoms with E-state index in [1.807, 2.05) is 12.1 Å². The number of carbonyl (C=O) groups excluding carboxylic acids is 1. The van der Waals surface area contributed by atoms with E-state index in [9.17, 15) is 4.79 Å². The Morgan fingerprint density at radius 1 is 1.39 bits per heavy atom. The van der Waals surface area contributed by atoms with Crippen LogP contribution in [0.4, 0.5) is 5.82 Å². The lowest BCUT2D eigenvalue weighted by molar-refractivity contribution is -0.121. The lowest BCUT2D eigenvalue weighted by Crippen LogP contribution is -2.32. The summed E-state index contributed by atoms with van der Waals surface area (Å²) in [6.07, 6.45) is 0.855. The Morgan fingerprint density at radius 3 is 2.83 bits per heavy atom. The van der Waals surface area contributed by atoms with E-state index in [0.717, 1.165) is 6.42 Å². The molecule has 6 nitrogen and oxygen atoms in total. The van der Waals surface area contributed by atoms with Crippen molar-refractivity contribution in [2.24, 2.45) is 13.0 Å². The Hall–Kier alpha value is -2.81. The van der Waals surface area contributed by atoms with Gasteiger partial charge in [0.25, 0.3) is 0 Å². The number of benzene rings is 1. The highest BCUT2D eigenvalue weighted by Crippen LogP contribution is 2.48. The third-order valence-corrected chi connectivity index (χ3v) is 4.35. The van der Waals surface area contributed by atoms with Gasteiger partial charge in [0.05, 0.1) is 5.69 Å². The summed E-state index contributed by atoms with van der Waals surface area (Å²) < 4.78 is 1.56. The molecule has 2 unspecified atom stereocenters. The largest absolute Gasteiger partial charge is 0.281 e. The van der Waals surface area contributed by atoms with Crippen molar-refractivity contribution < 1.29 is 4.79 Å². The monoisotopic (exact) mass is 309 g/mol. The summed E-state index contributed by atoms with van der Waals surface area (Å²) in [6.45, 7) is 3.83. The molecule has 1 saturated carbocycles. The quantitative estimate of drug-likeness (QED) is 0.848. The van der Waals surface area contributed by atoms with Crippen LogP contribution in [0.25, 0.3) is 0 Å². The van der Waals surface area contributed by atoms with Gasteiger partial charge in [-0.2, -0.15) is 10.4 Å². The normalized spacial score (nSPS) is 19.0. The number of nitrogens with one attached hydrogen (secondary N) is 2. The molecule has 1 aromatic carbocycles. The lowest BCUT2D eigenvalue weighted by Gasteiger charge is -2.09. The summed E-state index contributed by atoms with van der Waals surface area (Å²) in [6, 6.07) is 10.3. The second-order valence-electron chi connectivity index (χ2n) is 5.96. The van der Waals surface area contributed by atoms with Crippen molar-refractivity contribution in [1.29, 1.82) is 5.26 Å². The van der Waals surface area contributed by atoms with Crippen molar-refractivity contribution in [3.63, 3.8) is 0 Å². The zero-order chi connectivity index (χ0) is 16.6. The van der Waals surface area contributed by atoms with Crippen molar-refractivity contribution in [2.75, 3.05) is 5.43 Å². The van der Waals surface area contributed by atoms with Crippen LogP contribution in [0.2, 0.25) is 0 Å². The third-order valence-electron chi connectivity index (χ3n) is 4.35. The number of hydrogen-bond acceptors (Lipinski definition) is 4. The molecule has 1 heterocycles. The van der Waals surface area contributed by atoms with Gasteiger partial charge in [-0.1, -0.05) is 24.3 Å². The fourth-order valence-corrected chi connectivity index (χ4v) is 2.98. The van der Waals surface area contributed by atoms with Crippen LogP contribution in [0.1, 0.15) is 34.7 Å². The first-order valence-corrected chi connectivity index (χ1v) is 7.58. The number of nitriles is 1. The number of aromatic nitrogens is 2. The molecule has 3 rings (SSSR count). The average Bonchev–Trinajstić information content (AvgIpc) is 3.26. The molecule has 23 heavy (non-hydrogen) atoms. The van der Waals surface area contributed by atoms with Crippen LogP contribution < -0.4 is 10.9 Å². The van der Waals surface area contributed by atoms with Crippen LogP contribution in [-0.2, 0) is 11.8 Å². The molecule has 6 heteroatoms. The molecule has 118 valence electrons. The highest BCUT2D eigenvalue weighted by Gasteiger charge is 2.44. The second-order valence-corrected chi connectivity index (χ2v) is 5.96. The minimum absolute atomic E-state index is 0.0246. The van der Waals surface area contributed by atoms with Crippen molar-refractivity contribution >= 4 is 11.7 Å². The van der Waals surface area contributed by atoms with Crippen LogP contribution in [0, 0.1) is 31.1 Å². The van der Waals surface area contributed by atoms with E-state index in [4.69, 9.17) is 5.26 Å². The number of anilines is 1. The Kier molecular flexibility index (Phi) is 3.78. The Balaban J connectivity index is 1.64. The van der Waals surface area contributed by atoms with E-state index in [0.29, 0.717) is 17.1 Å². The molecule has 2 aromatic rings. The molecule has 1 aliphatic rings. The predicted octanol–water partition coefficient (Wildman–Crippen LogP) is 2.16. The van der Waals surface area contributed by atoms with Crippen LogP contribution in [0.3, 0.4) is 0 Å². The minimum atomic E-state index is -0.0546. The molecule has 0 saturated heterocycles. The summed E-state index contributed by atoms with van der Waals surface area (Å²) in [7, 11) is 1.73. The van der Waals surface area contributed by atoms with E-state index >= 15 is 0 Å². The fraction of sp³-hybridized carbons (Fsp3) is 0.353. The van der Waals surface area contributed by atoms with Crippen LogP contribution >= 0.6 is 0 Å². The molecule has 0 aliphatic heterocycles. The summed E-state index contributed by atoms with van der Waals surface area (Å²) in [5.74, 6) is 0.706. The summed E-state index contributed by atoms with van der Waals surface area (Å²) in [5.41, 5.74) is 9.08. The first kappa shape index (κ1) is 15.1. The number of aryl methyl sites for hydroxylation is 3. The van der Waals surface area contributed by atoms with E-state index in [1.54, 1.807) is 18.7 Å². The maximum atomic E-state index is 12.3. The highest BCUT2D eigenvalue weighted by molar-refractivity contribution is 5.84. The summed E-state index contributed by atoms with van der Waals surface area (Å²) >= 11 is 0. The Morgan fingerprint density at radius 2 is 2.13 bits per heavy atom. The molecule has 2 N–H and O–H groups in total. The Labute approximate surface area is 135 Å². The fourth-order valence-electron chi connectivity index (χ4n) is 2.98. The highest BCUT2D eigenvalue weighted by atomic mass is 16.2. The molecular formula is C17H19N5O. The van der Waals surface area contributed by atoms with Crippen molar-refractivity contribution in [3.8, 4) is 6.07 Å². The number of amides is 1. The molecule has 1 aliphatic carbocycles. The number of nitrogens with zero attached hydrogens (tertiary/aromatic N) is 3. The third kappa shape index (κ3) is 2.78. The van der Waals surface area contributed by atoms with Crippen molar-refractivity contribution in [3.05, 3.63) is 46.6 Å². The maximum Gasteiger partial charge on any atom is 0.242 e. The number of rotatable bonds is 4. The molecule has 0 bridgehead atoms. The number of carbonyl (C=O) groups is 1. The van der Waals surface area contributed by atoms with Crippen LogP contribution in [-0.4, -0.2) is 15.7 Å². The van der Waals surface area contributed by atoms with Crippen molar-refractivity contribution in [2.45, 2.75) is 26.2 Å². The van der Waals surface area contributed by atoms with Gasteiger partial charge >= 0.3 is 0 Å². The predicted molar refractivity (Wildman–Crippen MR) is 86.5 cm³/mol.